The van der Waals surface area contributed by atoms with Gasteiger partial charge in [-0.05, 0) is 31.6 Å². The van der Waals surface area contributed by atoms with Crippen LogP contribution < -0.4 is 5.32 Å². The molecule has 1 fully saturated rings. The van der Waals surface area contributed by atoms with Crippen molar-refractivity contribution in [2.24, 2.45) is 5.92 Å². The molecule has 0 atom stereocenters. The van der Waals surface area contributed by atoms with Crippen LogP contribution in [-0.2, 0) is 0 Å². The zero-order valence-electron chi connectivity index (χ0n) is 11.5. The molecular weight excluding hydrogens is 280 g/mol. The van der Waals surface area contributed by atoms with Gasteiger partial charge in [-0.1, -0.05) is 31.4 Å². The highest BCUT2D eigenvalue weighted by Gasteiger charge is 2.26. The molecule has 0 spiro atoms. The Morgan fingerprint density at radius 1 is 1.40 bits per heavy atom. The highest BCUT2D eigenvalue weighted by atomic mass is 35.5. The molecule has 0 aliphatic heterocycles. The van der Waals surface area contributed by atoms with Gasteiger partial charge in [0.15, 0.2) is 0 Å². The van der Waals surface area contributed by atoms with Gasteiger partial charge in [-0.3, -0.25) is 10.1 Å². The summed E-state index contributed by atoms with van der Waals surface area (Å²) in [5, 5.41) is 14.1. The van der Waals surface area contributed by atoms with E-state index < -0.39 is 4.92 Å². The highest BCUT2D eigenvalue weighted by molar-refractivity contribution is 6.31. The molecule has 6 nitrogen and oxygen atoms in total. The molecule has 110 valence electrons. The smallest absolute Gasteiger partial charge is 0.348 e. The predicted molar refractivity (Wildman–Crippen MR) is 78.0 cm³/mol. The standard InChI is InChI=1S/C13H19ClN4O2/c1-2-3-9-4-6-10(7-5-9)17-13-11(18(19)20)12(14)15-8-16-13/h8-10H,2-7H2,1H3,(H,15,16,17). The summed E-state index contributed by atoms with van der Waals surface area (Å²) in [6.45, 7) is 2.20. The molecule has 1 saturated carbocycles. The van der Waals surface area contributed by atoms with Gasteiger partial charge in [0.1, 0.15) is 6.33 Å². The van der Waals surface area contributed by atoms with Gasteiger partial charge in [0.25, 0.3) is 0 Å². The first-order valence-corrected chi connectivity index (χ1v) is 7.41. The molecule has 1 aliphatic rings. The maximum absolute atomic E-state index is 11.0. The molecule has 0 unspecified atom stereocenters. The Hall–Kier alpha value is -1.43. The van der Waals surface area contributed by atoms with Gasteiger partial charge in [0.05, 0.1) is 4.92 Å². The quantitative estimate of drug-likeness (QED) is 0.508. The Morgan fingerprint density at radius 3 is 2.70 bits per heavy atom. The molecule has 1 aromatic rings. The number of rotatable bonds is 5. The summed E-state index contributed by atoms with van der Waals surface area (Å²) < 4.78 is 0. The van der Waals surface area contributed by atoms with Gasteiger partial charge in [-0.15, -0.1) is 0 Å². The van der Waals surface area contributed by atoms with Crippen molar-refractivity contribution in [1.82, 2.24) is 9.97 Å². The van der Waals surface area contributed by atoms with Crippen molar-refractivity contribution in [3.05, 3.63) is 21.6 Å². The van der Waals surface area contributed by atoms with Crippen LogP contribution in [0.2, 0.25) is 5.15 Å². The lowest BCUT2D eigenvalue weighted by molar-refractivity contribution is -0.384. The van der Waals surface area contributed by atoms with E-state index in [0.29, 0.717) is 0 Å². The third-order valence-electron chi connectivity index (χ3n) is 3.84. The summed E-state index contributed by atoms with van der Waals surface area (Å²) in [4.78, 5) is 18.1. The van der Waals surface area contributed by atoms with Gasteiger partial charge in [-0.2, -0.15) is 0 Å². The van der Waals surface area contributed by atoms with E-state index in [0.717, 1.165) is 31.6 Å². The number of halogens is 1. The fourth-order valence-electron chi connectivity index (χ4n) is 2.82. The summed E-state index contributed by atoms with van der Waals surface area (Å²) in [6, 6.07) is 0.229. The minimum absolute atomic E-state index is 0.118. The lowest BCUT2D eigenvalue weighted by Crippen LogP contribution is -2.27. The Bertz CT molecular complexity index is 475. The molecule has 1 aromatic heterocycles. The van der Waals surface area contributed by atoms with Crippen molar-refractivity contribution in [2.75, 3.05) is 5.32 Å². The number of nitro groups is 1. The molecule has 7 heteroatoms. The lowest BCUT2D eigenvalue weighted by atomic mass is 9.83. The van der Waals surface area contributed by atoms with Crippen LogP contribution in [0, 0.1) is 16.0 Å². The first-order chi connectivity index (χ1) is 9.61. The molecular formula is C13H19ClN4O2. The van der Waals surface area contributed by atoms with Crippen LogP contribution in [-0.4, -0.2) is 20.9 Å². The largest absolute Gasteiger partial charge is 0.361 e. The SMILES string of the molecule is CCCC1CCC(Nc2ncnc(Cl)c2[N+](=O)[O-])CC1. The van der Waals surface area contributed by atoms with Gasteiger partial charge in [-0.25, -0.2) is 9.97 Å². The normalized spacial score (nSPS) is 22.5. The number of aromatic nitrogens is 2. The fourth-order valence-corrected chi connectivity index (χ4v) is 3.02. The first kappa shape index (κ1) is 15.0. The third kappa shape index (κ3) is 3.56. The third-order valence-corrected chi connectivity index (χ3v) is 4.12. The maximum Gasteiger partial charge on any atom is 0.348 e. The van der Waals surface area contributed by atoms with Crippen LogP contribution in [0.4, 0.5) is 11.5 Å². The molecule has 0 amide bonds. The second-order valence-electron chi connectivity index (χ2n) is 5.27. The lowest BCUT2D eigenvalue weighted by Gasteiger charge is -2.29. The van der Waals surface area contributed by atoms with Gasteiger partial charge >= 0.3 is 5.69 Å². The summed E-state index contributed by atoms with van der Waals surface area (Å²) >= 11 is 5.77. The van der Waals surface area contributed by atoms with E-state index >= 15 is 0 Å². The van der Waals surface area contributed by atoms with E-state index in [2.05, 4.69) is 22.2 Å². The molecule has 0 aromatic carbocycles. The summed E-state index contributed by atoms with van der Waals surface area (Å²) in [7, 11) is 0. The zero-order chi connectivity index (χ0) is 14.5. The Kier molecular flexibility index (Phi) is 5.11. The number of hydrogen-bond donors (Lipinski definition) is 1. The van der Waals surface area contributed by atoms with Crippen molar-refractivity contribution in [1.29, 1.82) is 0 Å². The van der Waals surface area contributed by atoms with Gasteiger partial charge in [0, 0.05) is 6.04 Å². The van der Waals surface area contributed by atoms with Crippen LogP contribution in [0.5, 0.6) is 0 Å². The van der Waals surface area contributed by atoms with E-state index in [1.807, 2.05) is 0 Å². The van der Waals surface area contributed by atoms with Crippen molar-refractivity contribution in [3.8, 4) is 0 Å². The molecule has 20 heavy (non-hydrogen) atoms. The predicted octanol–water partition coefficient (Wildman–Crippen LogP) is 3.81. The topological polar surface area (TPSA) is 81.0 Å². The molecule has 1 heterocycles. The van der Waals surface area contributed by atoms with Crippen molar-refractivity contribution in [3.63, 3.8) is 0 Å². The minimum Gasteiger partial charge on any atom is -0.361 e. The second kappa shape index (κ2) is 6.83. The van der Waals surface area contributed by atoms with Crippen molar-refractivity contribution >= 4 is 23.1 Å². The molecule has 2 rings (SSSR count). The average Bonchev–Trinajstić information content (AvgIpc) is 2.41. The van der Waals surface area contributed by atoms with Crippen LogP contribution >= 0.6 is 11.6 Å². The van der Waals surface area contributed by atoms with E-state index in [9.17, 15) is 10.1 Å². The van der Waals surface area contributed by atoms with Crippen molar-refractivity contribution in [2.45, 2.75) is 51.5 Å². The molecule has 0 bridgehead atoms. The molecule has 1 aliphatic carbocycles. The molecule has 1 N–H and O–H groups in total. The average molecular weight is 299 g/mol. The number of hydrogen-bond acceptors (Lipinski definition) is 5. The van der Waals surface area contributed by atoms with Crippen LogP contribution in [0.3, 0.4) is 0 Å². The first-order valence-electron chi connectivity index (χ1n) is 7.03. The van der Waals surface area contributed by atoms with Gasteiger partial charge in [0.2, 0.25) is 11.0 Å². The zero-order valence-corrected chi connectivity index (χ0v) is 12.3. The number of nitrogens with one attached hydrogen (secondary N) is 1. The maximum atomic E-state index is 11.0. The Balaban J connectivity index is 2.01. The van der Waals surface area contributed by atoms with Gasteiger partial charge < -0.3 is 5.32 Å². The number of anilines is 1. The van der Waals surface area contributed by atoms with E-state index in [4.69, 9.17) is 11.6 Å². The van der Waals surface area contributed by atoms with E-state index in [1.54, 1.807) is 0 Å². The van der Waals surface area contributed by atoms with E-state index in [1.165, 1.54) is 19.2 Å². The second-order valence-corrected chi connectivity index (χ2v) is 5.63. The Morgan fingerprint density at radius 2 is 2.10 bits per heavy atom. The number of nitrogens with zero attached hydrogens (tertiary/aromatic N) is 3. The fraction of sp³-hybridized carbons (Fsp3) is 0.692. The highest BCUT2D eigenvalue weighted by Crippen LogP contribution is 2.33. The molecule has 0 saturated heterocycles. The monoisotopic (exact) mass is 298 g/mol. The van der Waals surface area contributed by atoms with E-state index in [-0.39, 0.29) is 22.7 Å². The Labute approximate surface area is 123 Å². The van der Waals surface area contributed by atoms with Crippen molar-refractivity contribution < 1.29 is 4.92 Å². The van der Waals surface area contributed by atoms with Crippen LogP contribution in [0.15, 0.2) is 6.33 Å². The summed E-state index contributed by atoms with van der Waals surface area (Å²) in [6.07, 6.45) is 8.10. The van der Waals surface area contributed by atoms with Crippen LogP contribution in [0.1, 0.15) is 45.4 Å². The summed E-state index contributed by atoms with van der Waals surface area (Å²) in [5.74, 6) is 1.02. The molecule has 0 radical (unpaired) electrons. The van der Waals surface area contributed by atoms with Crippen LogP contribution in [0.25, 0.3) is 0 Å². The summed E-state index contributed by atoms with van der Waals surface area (Å²) in [5.41, 5.74) is -0.232. The minimum atomic E-state index is -0.534.